The number of amides is 1. The molecule has 2 aliphatic heterocycles. The fraction of sp³-hybridized carbons (Fsp3) is 0.200. The highest BCUT2D eigenvalue weighted by Crippen LogP contribution is 2.41. The Hall–Kier alpha value is -4.52. The van der Waals surface area contributed by atoms with Crippen LogP contribution in [0.15, 0.2) is 91.0 Å². The molecule has 1 N–H and O–H groups in total. The molecule has 3 aromatic carbocycles. The predicted molar refractivity (Wildman–Crippen MR) is 139 cm³/mol. The van der Waals surface area contributed by atoms with E-state index >= 15 is 0 Å². The second-order valence-electron chi connectivity index (χ2n) is 8.76. The van der Waals surface area contributed by atoms with Gasteiger partial charge in [-0.1, -0.05) is 55.1 Å². The molecule has 0 spiro atoms. The number of carbonyl (C=O) groups excluding carboxylic acids is 2. The first kappa shape index (κ1) is 24.2. The van der Waals surface area contributed by atoms with Crippen LogP contribution in [0.2, 0.25) is 0 Å². The number of benzene rings is 3. The van der Waals surface area contributed by atoms with Gasteiger partial charge in [0.2, 0.25) is 0 Å². The molecule has 188 valence electrons. The molecule has 7 heteroatoms. The number of Topliss-reactive ketones (excluding diaryl/α,β-unsaturated/α-hetero) is 1. The van der Waals surface area contributed by atoms with E-state index in [0.717, 1.165) is 5.56 Å². The molecule has 0 saturated carbocycles. The number of rotatable bonds is 8. The van der Waals surface area contributed by atoms with Gasteiger partial charge in [0, 0.05) is 12.1 Å². The Balaban J connectivity index is 1.57. The number of likely N-dealkylation sites (tertiary alicyclic amines) is 1. The summed E-state index contributed by atoms with van der Waals surface area (Å²) in [7, 11) is 0. The smallest absolute Gasteiger partial charge is 0.295 e. The van der Waals surface area contributed by atoms with Crippen molar-refractivity contribution in [1.82, 2.24) is 4.90 Å². The van der Waals surface area contributed by atoms with Gasteiger partial charge in [0.15, 0.2) is 11.5 Å². The van der Waals surface area contributed by atoms with Crippen LogP contribution < -0.4 is 14.2 Å². The largest absolute Gasteiger partial charge is 0.507 e. The molecule has 0 bridgehead atoms. The van der Waals surface area contributed by atoms with Crippen molar-refractivity contribution in [2.24, 2.45) is 0 Å². The number of carbonyl (C=O) groups is 2. The minimum atomic E-state index is -0.788. The number of fused-ring (bicyclic) bond motifs is 1. The lowest BCUT2D eigenvalue weighted by Crippen LogP contribution is -2.31. The molecule has 0 aliphatic carbocycles. The molecule has 1 atom stereocenters. The highest BCUT2D eigenvalue weighted by molar-refractivity contribution is 6.46. The molecule has 1 saturated heterocycles. The van der Waals surface area contributed by atoms with E-state index in [1.165, 1.54) is 4.90 Å². The summed E-state index contributed by atoms with van der Waals surface area (Å²) in [5, 5.41) is 11.4. The van der Waals surface area contributed by atoms with Gasteiger partial charge in [-0.3, -0.25) is 9.59 Å². The first-order chi connectivity index (χ1) is 18.1. The van der Waals surface area contributed by atoms with Crippen molar-refractivity contribution in [3.8, 4) is 17.2 Å². The molecular formula is C30H27NO6. The van der Waals surface area contributed by atoms with Crippen LogP contribution in [0.3, 0.4) is 0 Å². The van der Waals surface area contributed by atoms with E-state index in [1.807, 2.05) is 36.4 Å². The van der Waals surface area contributed by atoms with E-state index in [4.69, 9.17) is 14.2 Å². The minimum Gasteiger partial charge on any atom is -0.507 e. The van der Waals surface area contributed by atoms with Crippen LogP contribution >= 0.6 is 0 Å². The van der Waals surface area contributed by atoms with Crippen LogP contribution in [0.4, 0.5) is 0 Å². The van der Waals surface area contributed by atoms with E-state index in [0.29, 0.717) is 61.2 Å². The van der Waals surface area contributed by atoms with Gasteiger partial charge in [-0.2, -0.15) is 0 Å². The second-order valence-corrected chi connectivity index (χ2v) is 8.76. The Morgan fingerprint density at radius 1 is 1.00 bits per heavy atom. The van der Waals surface area contributed by atoms with E-state index in [2.05, 4.69) is 6.58 Å². The summed E-state index contributed by atoms with van der Waals surface area (Å²) >= 11 is 0. The number of aliphatic hydroxyl groups is 1. The van der Waals surface area contributed by atoms with Gasteiger partial charge in [0.1, 0.15) is 31.3 Å². The molecule has 0 radical (unpaired) electrons. The monoisotopic (exact) mass is 497 g/mol. The summed E-state index contributed by atoms with van der Waals surface area (Å²) in [6.07, 6.45) is 2.20. The van der Waals surface area contributed by atoms with Crippen LogP contribution in [0.25, 0.3) is 5.76 Å². The number of ketones is 1. The maximum atomic E-state index is 13.4. The van der Waals surface area contributed by atoms with Crippen molar-refractivity contribution < 1.29 is 28.9 Å². The predicted octanol–water partition coefficient (Wildman–Crippen LogP) is 4.69. The Morgan fingerprint density at radius 2 is 1.78 bits per heavy atom. The quantitative estimate of drug-likeness (QED) is 0.210. The van der Waals surface area contributed by atoms with Gasteiger partial charge < -0.3 is 24.2 Å². The van der Waals surface area contributed by atoms with Gasteiger partial charge in [0.05, 0.1) is 11.6 Å². The highest BCUT2D eigenvalue weighted by atomic mass is 16.6. The van der Waals surface area contributed by atoms with Crippen molar-refractivity contribution in [2.75, 3.05) is 26.4 Å². The topological polar surface area (TPSA) is 85.3 Å². The second kappa shape index (κ2) is 10.6. The average Bonchev–Trinajstić information content (AvgIpc) is 3.20. The maximum Gasteiger partial charge on any atom is 0.295 e. The fourth-order valence-corrected chi connectivity index (χ4v) is 4.63. The van der Waals surface area contributed by atoms with Crippen molar-refractivity contribution in [2.45, 2.75) is 12.5 Å². The number of aliphatic hydroxyl groups excluding tert-OH is 1. The Bertz CT molecular complexity index is 1360. The van der Waals surface area contributed by atoms with E-state index in [1.54, 1.807) is 42.5 Å². The minimum absolute atomic E-state index is 0.0237. The molecule has 3 aromatic rings. The van der Waals surface area contributed by atoms with Crippen LogP contribution in [-0.2, 0) is 16.0 Å². The zero-order valence-corrected chi connectivity index (χ0v) is 20.3. The summed E-state index contributed by atoms with van der Waals surface area (Å²) in [5.74, 6) is -0.0367. The van der Waals surface area contributed by atoms with Crippen molar-refractivity contribution >= 4 is 17.4 Å². The van der Waals surface area contributed by atoms with Crippen LogP contribution in [-0.4, -0.2) is 48.1 Å². The normalized spacial score (nSPS) is 18.1. The number of hydrogen-bond donors (Lipinski definition) is 1. The molecule has 7 nitrogen and oxygen atoms in total. The van der Waals surface area contributed by atoms with Crippen LogP contribution in [0.5, 0.6) is 17.2 Å². The van der Waals surface area contributed by atoms with Gasteiger partial charge >= 0.3 is 0 Å². The van der Waals surface area contributed by atoms with Crippen LogP contribution in [0.1, 0.15) is 22.7 Å². The fourth-order valence-electron chi connectivity index (χ4n) is 4.63. The van der Waals surface area contributed by atoms with Gasteiger partial charge in [-0.15, -0.1) is 0 Å². The average molecular weight is 498 g/mol. The Kier molecular flexibility index (Phi) is 6.94. The van der Waals surface area contributed by atoms with Crippen molar-refractivity contribution in [3.63, 3.8) is 0 Å². The third kappa shape index (κ3) is 4.93. The van der Waals surface area contributed by atoms with Crippen molar-refractivity contribution in [3.05, 3.63) is 108 Å². The SMILES string of the molecule is C=CCOc1cccc([C@H]2C(=C(O)c3ccc4c(c3)OCCO4)C(=O)C(=O)N2CCc2ccccc2)c1. The molecular weight excluding hydrogens is 470 g/mol. The lowest BCUT2D eigenvalue weighted by molar-refractivity contribution is -0.139. The number of ether oxygens (including phenoxy) is 3. The number of nitrogens with zero attached hydrogens (tertiary/aromatic N) is 1. The standard InChI is InChI=1S/C30H27NO6/c1-2-15-35-23-10-6-9-21(18-23)27-26(28(32)22-11-12-24-25(19-22)37-17-16-36-24)29(33)30(34)31(27)14-13-20-7-4-3-5-8-20/h2-12,18-19,27,32H,1,13-17H2/t27-/m0/s1. The number of hydrogen-bond acceptors (Lipinski definition) is 6. The molecule has 37 heavy (non-hydrogen) atoms. The van der Waals surface area contributed by atoms with E-state index in [-0.39, 0.29) is 11.3 Å². The molecule has 2 heterocycles. The molecule has 1 amide bonds. The first-order valence-corrected chi connectivity index (χ1v) is 12.1. The zero-order valence-electron chi connectivity index (χ0n) is 20.3. The molecule has 0 aromatic heterocycles. The summed E-state index contributed by atoms with van der Waals surface area (Å²) in [6.45, 7) is 5.12. The van der Waals surface area contributed by atoms with E-state index < -0.39 is 17.7 Å². The Labute approximate surface area is 215 Å². The molecule has 5 rings (SSSR count). The third-order valence-corrected chi connectivity index (χ3v) is 6.38. The van der Waals surface area contributed by atoms with Gasteiger partial charge in [-0.05, 0) is 47.9 Å². The lowest BCUT2D eigenvalue weighted by Gasteiger charge is -2.26. The Morgan fingerprint density at radius 3 is 2.57 bits per heavy atom. The summed E-state index contributed by atoms with van der Waals surface area (Å²) in [6, 6.07) is 21.1. The lowest BCUT2D eigenvalue weighted by atomic mass is 9.95. The van der Waals surface area contributed by atoms with Gasteiger partial charge in [0.25, 0.3) is 11.7 Å². The van der Waals surface area contributed by atoms with Crippen LogP contribution in [0, 0.1) is 0 Å². The first-order valence-electron chi connectivity index (χ1n) is 12.1. The molecule has 1 fully saturated rings. The third-order valence-electron chi connectivity index (χ3n) is 6.38. The summed E-state index contributed by atoms with van der Waals surface area (Å²) in [4.78, 5) is 28.2. The summed E-state index contributed by atoms with van der Waals surface area (Å²) < 4.78 is 16.9. The summed E-state index contributed by atoms with van der Waals surface area (Å²) in [5.41, 5.74) is 2.09. The maximum absolute atomic E-state index is 13.4. The molecule has 2 aliphatic rings. The van der Waals surface area contributed by atoms with Gasteiger partial charge in [-0.25, -0.2) is 0 Å². The zero-order chi connectivity index (χ0) is 25.8. The molecule has 0 unspecified atom stereocenters. The highest BCUT2D eigenvalue weighted by Gasteiger charge is 2.46. The van der Waals surface area contributed by atoms with Crippen molar-refractivity contribution in [1.29, 1.82) is 0 Å². The van der Waals surface area contributed by atoms with E-state index in [9.17, 15) is 14.7 Å².